The number of carbonyl (C=O) groups is 1. The number of rotatable bonds is 2. The number of morpholine rings is 1. The lowest BCUT2D eigenvalue weighted by Gasteiger charge is -2.28. The third kappa shape index (κ3) is 2.85. The molecule has 5 nitrogen and oxygen atoms in total. The number of aromatic nitrogens is 1. The van der Waals surface area contributed by atoms with Crippen LogP contribution in [0.1, 0.15) is 15.9 Å². The summed E-state index contributed by atoms with van der Waals surface area (Å²) < 4.78 is 19.9. The van der Waals surface area contributed by atoms with Crippen LogP contribution in [0.3, 0.4) is 0 Å². The van der Waals surface area contributed by atoms with Crippen LogP contribution in [-0.4, -0.2) is 49.1 Å². The van der Waals surface area contributed by atoms with Crippen molar-refractivity contribution in [3.8, 4) is 11.3 Å². The van der Waals surface area contributed by atoms with Gasteiger partial charge in [-0.3, -0.25) is 4.79 Å². The Morgan fingerprint density at radius 3 is 2.68 bits per heavy atom. The summed E-state index contributed by atoms with van der Waals surface area (Å²) in [5.41, 5.74) is 2.21. The summed E-state index contributed by atoms with van der Waals surface area (Å²) in [4.78, 5) is 20.9. The third-order valence-electron chi connectivity index (χ3n) is 4.60. The molecule has 2 aliphatic heterocycles. The second kappa shape index (κ2) is 6.28. The first-order valence-electron chi connectivity index (χ1n) is 8.12. The van der Waals surface area contributed by atoms with E-state index in [1.54, 1.807) is 24.1 Å². The highest BCUT2D eigenvalue weighted by Crippen LogP contribution is 2.35. The maximum absolute atomic E-state index is 14.5. The molecule has 2 aliphatic rings. The van der Waals surface area contributed by atoms with Gasteiger partial charge in [0.05, 0.1) is 24.5 Å². The Morgan fingerprint density at radius 2 is 1.96 bits per heavy atom. The average Bonchev–Trinajstić information content (AvgIpc) is 2.90. The van der Waals surface area contributed by atoms with E-state index >= 15 is 0 Å². The summed E-state index contributed by atoms with van der Waals surface area (Å²) in [6.07, 6.45) is 0. The number of ether oxygens (including phenoxy) is 1. The lowest BCUT2D eigenvalue weighted by molar-refractivity contribution is 0.0816. The largest absolute Gasteiger partial charge is 0.378 e. The van der Waals surface area contributed by atoms with Crippen LogP contribution in [0, 0.1) is 5.82 Å². The fraction of sp³-hybridized carbons (Fsp3) is 0.333. The van der Waals surface area contributed by atoms with Gasteiger partial charge in [-0.25, -0.2) is 9.37 Å². The predicted octanol–water partition coefficient (Wildman–Crippen LogP) is 2.96. The molecule has 25 heavy (non-hydrogen) atoms. The van der Waals surface area contributed by atoms with Crippen molar-refractivity contribution in [2.75, 3.05) is 38.3 Å². The molecule has 2 aromatic rings. The fourth-order valence-electron chi connectivity index (χ4n) is 3.28. The van der Waals surface area contributed by atoms with Crippen LogP contribution in [0.5, 0.6) is 0 Å². The lowest BCUT2D eigenvalue weighted by atomic mass is 10.0. The van der Waals surface area contributed by atoms with E-state index in [1.807, 2.05) is 6.07 Å². The van der Waals surface area contributed by atoms with Crippen LogP contribution < -0.4 is 4.90 Å². The molecule has 1 aromatic heterocycles. The van der Waals surface area contributed by atoms with E-state index in [0.717, 1.165) is 5.56 Å². The van der Waals surface area contributed by atoms with E-state index in [9.17, 15) is 9.18 Å². The molecule has 1 saturated heterocycles. The van der Waals surface area contributed by atoms with Crippen molar-refractivity contribution in [2.24, 2.45) is 0 Å². The van der Waals surface area contributed by atoms with Gasteiger partial charge in [-0.1, -0.05) is 11.6 Å². The van der Waals surface area contributed by atoms with Gasteiger partial charge in [-0.2, -0.15) is 0 Å². The van der Waals surface area contributed by atoms with Crippen molar-refractivity contribution in [3.63, 3.8) is 0 Å². The van der Waals surface area contributed by atoms with Gasteiger partial charge in [-0.05, 0) is 24.3 Å². The first-order valence-corrected chi connectivity index (χ1v) is 8.50. The van der Waals surface area contributed by atoms with Crippen LogP contribution in [0.2, 0.25) is 5.02 Å². The molecule has 130 valence electrons. The van der Waals surface area contributed by atoms with Gasteiger partial charge in [0.15, 0.2) is 0 Å². The number of hydrogen-bond acceptors (Lipinski definition) is 4. The number of benzene rings is 1. The van der Waals surface area contributed by atoms with Gasteiger partial charge in [0.25, 0.3) is 5.91 Å². The number of fused-ring (bicyclic) bond motifs is 1. The molecule has 0 saturated carbocycles. The topological polar surface area (TPSA) is 45.7 Å². The molecule has 0 bridgehead atoms. The van der Waals surface area contributed by atoms with E-state index in [4.69, 9.17) is 21.3 Å². The van der Waals surface area contributed by atoms with Gasteiger partial charge in [-0.15, -0.1) is 0 Å². The second-order valence-corrected chi connectivity index (χ2v) is 6.68. The molecule has 0 radical (unpaired) electrons. The van der Waals surface area contributed by atoms with E-state index in [0.29, 0.717) is 60.5 Å². The molecule has 4 rings (SSSR count). The lowest BCUT2D eigenvalue weighted by Crippen LogP contribution is -2.37. The molecule has 0 spiro atoms. The Bertz CT molecular complexity index is 852. The van der Waals surface area contributed by atoms with Gasteiger partial charge >= 0.3 is 0 Å². The number of pyridine rings is 1. The molecule has 0 N–H and O–H groups in total. The maximum Gasteiger partial charge on any atom is 0.254 e. The second-order valence-electron chi connectivity index (χ2n) is 6.24. The summed E-state index contributed by atoms with van der Waals surface area (Å²) >= 11 is 5.88. The number of nitrogens with zero attached hydrogens (tertiary/aromatic N) is 3. The van der Waals surface area contributed by atoms with Crippen LogP contribution >= 0.6 is 11.6 Å². The summed E-state index contributed by atoms with van der Waals surface area (Å²) in [7, 11) is 1.73. The Balaban J connectivity index is 1.89. The fourth-order valence-corrected chi connectivity index (χ4v) is 3.44. The van der Waals surface area contributed by atoms with Crippen molar-refractivity contribution in [3.05, 3.63) is 46.2 Å². The van der Waals surface area contributed by atoms with E-state index in [-0.39, 0.29) is 5.91 Å². The first-order chi connectivity index (χ1) is 12.0. The molecule has 1 amide bonds. The molecular weight excluding hydrogens is 345 g/mol. The first kappa shape index (κ1) is 16.3. The van der Waals surface area contributed by atoms with Crippen LogP contribution in [0.25, 0.3) is 11.3 Å². The zero-order valence-corrected chi connectivity index (χ0v) is 14.5. The number of anilines is 1. The molecule has 3 heterocycles. The standard InChI is InChI=1S/C18H17ClFN3O2/c1-22-10-14-13(18(22)24)9-16(23-4-6-25-7-5-23)21-17(14)12-3-2-11(19)8-15(12)20/h2-3,8-9H,4-7,10H2,1H3. The van der Waals surface area contributed by atoms with Crippen molar-refractivity contribution < 1.29 is 13.9 Å². The van der Waals surface area contributed by atoms with Crippen LogP contribution in [0.4, 0.5) is 10.2 Å². The molecular formula is C18H17ClFN3O2. The van der Waals surface area contributed by atoms with E-state index in [2.05, 4.69) is 4.90 Å². The van der Waals surface area contributed by atoms with E-state index in [1.165, 1.54) is 6.07 Å². The van der Waals surface area contributed by atoms with Crippen molar-refractivity contribution in [1.29, 1.82) is 0 Å². The Hall–Kier alpha value is -2.18. The SMILES string of the molecule is CN1Cc2c(cc(N3CCOCC3)nc2-c2ccc(Cl)cc2F)C1=O. The van der Waals surface area contributed by atoms with Gasteiger partial charge < -0.3 is 14.5 Å². The summed E-state index contributed by atoms with van der Waals surface area (Å²) in [6, 6.07) is 6.33. The highest BCUT2D eigenvalue weighted by molar-refractivity contribution is 6.30. The minimum absolute atomic E-state index is 0.0671. The van der Waals surface area contributed by atoms with E-state index < -0.39 is 5.82 Å². The quantitative estimate of drug-likeness (QED) is 0.825. The number of hydrogen-bond donors (Lipinski definition) is 0. The predicted molar refractivity (Wildman–Crippen MR) is 93.5 cm³/mol. The highest BCUT2D eigenvalue weighted by atomic mass is 35.5. The molecule has 1 aromatic carbocycles. The Morgan fingerprint density at radius 1 is 1.20 bits per heavy atom. The Kier molecular flexibility index (Phi) is 4.09. The number of halogens is 2. The molecule has 7 heteroatoms. The molecule has 0 atom stereocenters. The minimum atomic E-state index is -0.441. The maximum atomic E-state index is 14.5. The minimum Gasteiger partial charge on any atom is -0.378 e. The monoisotopic (exact) mass is 361 g/mol. The normalized spacial score (nSPS) is 17.2. The zero-order valence-electron chi connectivity index (χ0n) is 13.8. The highest BCUT2D eigenvalue weighted by Gasteiger charge is 2.31. The average molecular weight is 362 g/mol. The van der Waals surface area contributed by atoms with Crippen molar-refractivity contribution >= 4 is 23.3 Å². The van der Waals surface area contributed by atoms with Gasteiger partial charge in [0.1, 0.15) is 11.6 Å². The van der Waals surface area contributed by atoms with Gasteiger partial charge in [0.2, 0.25) is 0 Å². The summed E-state index contributed by atoms with van der Waals surface area (Å²) in [5, 5.41) is 0.329. The third-order valence-corrected chi connectivity index (χ3v) is 4.84. The number of amides is 1. The zero-order chi connectivity index (χ0) is 17.6. The Labute approximate surface area is 150 Å². The molecule has 1 fully saturated rings. The molecule has 0 aliphatic carbocycles. The number of carbonyl (C=O) groups excluding carboxylic acids is 1. The van der Waals surface area contributed by atoms with Crippen LogP contribution in [-0.2, 0) is 11.3 Å². The van der Waals surface area contributed by atoms with Gasteiger partial charge in [0, 0.05) is 42.8 Å². The van der Waals surface area contributed by atoms with Crippen LogP contribution in [0.15, 0.2) is 24.3 Å². The summed E-state index contributed by atoms with van der Waals surface area (Å²) in [5.74, 6) is 0.168. The van der Waals surface area contributed by atoms with Crippen molar-refractivity contribution in [1.82, 2.24) is 9.88 Å². The van der Waals surface area contributed by atoms with Crippen molar-refractivity contribution in [2.45, 2.75) is 6.54 Å². The summed E-state index contributed by atoms with van der Waals surface area (Å²) in [6.45, 7) is 3.02. The molecule has 0 unspecified atom stereocenters. The smallest absolute Gasteiger partial charge is 0.254 e.